The minimum atomic E-state index is -0.645. The van der Waals surface area contributed by atoms with Gasteiger partial charge in [0.05, 0.1) is 11.9 Å². The Balaban J connectivity index is 0.00000166. The number of hydrogen-bond acceptors (Lipinski definition) is 5. The van der Waals surface area contributed by atoms with E-state index in [1.165, 1.54) is 23.0 Å². The molecular weight excluding hydrogens is 396 g/mol. The molecule has 1 heterocycles. The predicted molar refractivity (Wildman–Crippen MR) is 121 cm³/mol. The van der Waals surface area contributed by atoms with Crippen molar-refractivity contribution in [3.8, 4) is 17.0 Å². The maximum atomic E-state index is 12.4. The zero-order valence-corrected chi connectivity index (χ0v) is 18.3. The molecule has 0 aliphatic heterocycles. The van der Waals surface area contributed by atoms with Crippen molar-refractivity contribution in [1.29, 1.82) is 0 Å². The molecule has 0 saturated carbocycles. The molecule has 0 unspecified atom stereocenters. The van der Waals surface area contributed by atoms with Crippen molar-refractivity contribution >= 4 is 23.5 Å². The maximum absolute atomic E-state index is 12.4. The third kappa shape index (κ3) is 6.88. The second-order valence-corrected chi connectivity index (χ2v) is 7.32. The first-order valence-corrected chi connectivity index (χ1v) is 9.96. The molecule has 31 heavy (non-hydrogen) atoms. The Hall–Kier alpha value is -3.81. The molecule has 0 aliphatic rings. The van der Waals surface area contributed by atoms with Crippen LogP contribution in [0.25, 0.3) is 11.3 Å². The molecule has 0 bridgehead atoms. The van der Waals surface area contributed by atoms with Gasteiger partial charge in [-0.25, -0.2) is 9.59 Å². The third-order valence-electron chi connectivity index (χ3n) is 3.73. The van der Waals surface area contributed by atoms with E-state index in [9.17, 15) is 14.7 Å². The van der Waals surface area contributed by atoms with Crippen LogP contribution in [0.1, 0.15) is 34.6 Å². The number of phenolic OH excluding ortho intramolecular Hbond substituents is 1. The van der Waals surface area contributed by atoms with Crippen molar-refractivity contribution in [2.24, 2.45) is 0 Å². The standard InChI is InChI=1S/C21H22N4O4.C2H6/c1-21(2,3)29-20(28)25-18(10-11-22-25)14-6-4-7-15(12-14)23-19(27)24-16-8-5-9-17(26)13-16;1-2/h4-13,26H,1-3H3,(H2,23,24,27);1-2H3. The maximum Gasteiger partial charge on any atom is 0.435 e. The van der Waals surface area contributed by atoms with Crippen molar-refractivity contribution in [2.45, 2.75) is 40.2 Å². The summed E-state index contributed by atoms with van der Waals surface area (Å²) in [6, 6.07) is 14.5. The van der Waals surface area contributed by atoms with E-state index >= 15 is 0 Å². The lowest BCUT2D eigenvalue weighted by molar-refractivity contribution is 0.0518. The predicted octanol–water partition coefficient (Wildman–Crippen LogP) is 5.71. The van der Waals surface area contributed by atoms with Crippen molar-refractivity contribution < 1.29 is 19.4 Å². The summed E-state index contributed by atoms with van der Waals surface area (Å²) in [6.45, 7) is 9.34. The lowest BCUT2D eigenvalue weighted by atomic mass is 10.1. The van der Waals surface area contributed by atoms with Crippen LogP contribution >= 0.6 is 0 Å². The molecule has 8 heteroatoms. The molecule has 0 aliphatic carbocycles. The van der Waals surface area contributed by atoms with E-state index in [2.05, 4.69) is 15.7 Å². The van der Waals surface area contributed by atoms with Gasteiger partial charge in [0.2, 0.25) is 0 Å². The average molecular weight is 425 g/mol. The van der Waals surface area contributed by atoms with Gasteiger partial charge in [-0.1, -0.05) is 32.0 Å². The summed E-state index contributed by atoms with van der Waals surface area (Å²) in [4.78, 5) is 24.6. The van der Waals surface area contributed by atoms with E-state index in [4.69, 9.17) is 4.74 Å². The van der Waals surface area contributed by atoms with Gasteiger partial charge in [0.15, 0.2) is 0 Å². The van der Waals surface area contributed by atoms with E-state index < -0.39 is 17.7 Å². The highest BCUT2D eigenvalue weighted by Gasteiger charge is 2.21. The molecule has 3 aromatic rings. The minimum Gasteiger partial charge on any atom is -0.508 e. The number of urea groups is 1. The van der Waals surface area contributed by atoms with Crippen LogP contribution in [0.5, 0.6) is 5.75 Å². The SMILES string of the molecule is CC.CC(C)(C)OC(=O)n1nccc1-c1cccc(NC(=O)Nc2cccc(O)c2)c1. The smallest absolute Gasteiger partial charge is 0.435 e. The summed E-state index contributed by atoms with van der Waals surface area (Å²) in [5.74, 6) is 0.0557. The van der Waals surface area contributed by atoms with Gasteiger partial charge in [0, 0.05) is 23.0 Å². The molecule has 0 atom stereocenters. The van der Waals surface area contributed by atoms with E-state index in [0.29, 0.717) is 22.6 Å². The Kier molecular flexibility index (Phi) is 7.79. The number of amides is 2. The quantitative estimate of drug-likeness (QED) is 0.499. The molecule has 0 spiro atoms. The monoisotopic (exact) mass is 424 g/mol. The fourth-order valence-corrected chi connectivity index (χ4v) is 2.61. The molecule has 3 rings (SSSR count). The minimum absolute atomic E-state index is 0.0557. The topological polar surface area (TPSA) is 105 Å². The van der Waals surface area contributed by atoms with Gasteiger partial charge in [-0.05, 0) is 51.1 Å². The average Bonchev–Trinajstić information content (AvgIpc) is 3.18. The van der Waals surface area contributed by atoms with Crippen LogP contribution in [-0.4, -0.2) is 32.6 Å². The number of carbonyl (C=O) groups excluding carboxylic acids is 2. The van der Waals surface area contributed by atoms with Crippen LogP contribution in [0.2, 0.25) is 0 Å². The zero-order chi connectivity index (χ0) is 23.0. The number of nitrogens with one attached hydrogen (secondary N) is 2. The number of hydrogen-bond donors (Lipinski definition) is 3. The molecular formula is C23H28N4O4. The van der Waals surface area contributed by atoms with Crippen LogP contribution in [-0.2, 0) is 4.74 Å². The summed E-state index contributed by atoms with van der Waals surface area (Å²) in [7, 11) is 0. The number of ether oxygens (including phenoxy) is 1. The lowest BCUT2D eigenvalue weighted by Gasteiger charge is -2.19. The molecule has 0 fully saturated rings. The van der Waals surface area contributed by atoms with Crippen LogP contribution in [0.15, 0.2) is 60.8 Å². The largest absolute Gasteiger partial charge is 0.508 e. The molecule has 2 amide bonds. The van der Waals surface area contributed by atoms with Crippen LogP contribution < -0.4 is 10.6 Å². The van der Waals surface area contributed by atoms with Crippen molar-refractivity contribution in [3.63, 3.8) is 0 Å². The van der Waals surface area contributed by atoms with Crippen molar-refractivity contribution in [1.82, 2.24) is 9.78 Å². The number of carbonyl (C=O) groups is 2. The summed E-state index contributed by atoms with van der Waals surface area (Å²) in [5, 5.41) is 18.9. The Morgan fingerprint density at radius 3 is 2.19 bits per heavy atom. The number of anilines is 2. The van der Waals surface area contributed by atoms with E-state index in [1.54, 1.807) is 63.2 Å². The van der Waals surface area contributed by atoms with Crippen molar-refractivity contribution in [3.05, 3.63) is 60.8 Å². The van der Waals surface area contributed by atoms with Gasteiger partial charge >= 0.3 is 12.1 Å². The first kappa shape index (κ1) is 23.5. The van der Waals surface area contributed by atoms with Crippen LogP contribution in [0.4, 0.5) is 21.0 Å². The van der Waals surface area contributed by atoms with Gasteiger partial charge in [-0.15, -0.1) is 0 Å². The molecule has 164 valence electrons. The summed E-state index contributed by atoms with van der Waals surface area (Å²) < 4.78 is 6.55. The van der Waals surface area contributed by atoms with Gasteiger partial charge < -0.3 is 20.5 Å². The number of nitrogens with zero attached hydrogens (tertiary/aromatic N) is 2. The molecule has 0 radical (unpaired) electrons. The Bertz CT molecular complexity index is 1040. The number of phenols is 1. The molecule has 8 nitrogen and oxygen atoms in total. The highest BCUT2D eigenvalue weighted by Crippen LogP contribution is 2.24. The Morgan fingerprint density at radius 1 is 0.968 bits per heavy atom. The van der Waals surface area contributed by atoms with Crippen LogP contribution in [0.3, 0.4) is 0 Å². The molecule has 1 aromatic heterocycles. The second-order valence-electron chi connectivity index (χ2n) is 7.32. The Morgan fingerprint density at radius 2 is 1.58 bits per heavy atom. The van der Waals surface area contributed by atoms with Gasteiger partial charge in [0.25, 0.3) is 0 Å². The van der Waals surface area contributed by atoms with Gasteiger partial charge in [0.1, 0.15) is 11.4 Å². The lowest BCUT2D eigenvalue weighted by Crippen LogP contribution is -2.28. The molecule has 0 saturated heterocycles. The van der Waals surface area contributed by atoms with E-state index in [-0.39, 0.29) is 5.75 Å². The highest BCUT2D eigenvalue weighted by molar-refractivity contribution is 6.00. The highest BCUT2D eigenvalue weighted by atomic mass is 16.6. The summed E-state index contributed by atoms with van der Waals surface area (Å²) in [6.07, 6.45) is 0.922. The van der Waals surface area contributed by atoms with E-state index in [1.807, 2.05) is 13.8 Å². The molecule has 2 aromatic carbocycles. The fraction of sp³-hybridized carbons (Fsp3) is 0.261. The normalized spacial score (nSPS) is 10.5. The zero-order valence-electron chi connectivity index (χ0n) is 18.3. The summed E-state index contributed by atoms with van der Waals surface area (Å²) >= 11 is 0. The van der Waals surface area contributed by atoms with Gasteiger partial charge in [-0.3, -0.25) is 0 Å². The van der Waals surface area contributed by atoms with E-state index in [0.717, 1.165) is 0 Å². The Labute approximate surface area is 181 Å². The van der Waals surface area contributed by atoms with Gasteiger partial charge in [-0.2, -0.15) is 9.78 Å². The first-order valence-electron chi connectivity index (χ1n) is 9.96. The fourth-order valence-electron chi connectivity index (χ4n) is 2.61. The van der Waals surface area contributed by atoms with Crippen molar-refractivity contribution in [2.75, 3.05) is 10.6 Å². The number of benzene rings is 2. The number of aromatic hydroxyl groups is 1. The second kappa shape index (κ2) is 10.3. The summed E-state index contributed by atoms with van der Waals surface area (Å²) in [5.41, 5.74) is 1.56. The number of aromatic nitrogens is 2. The first-order chi connectivity index (χ1) is 14.7. The third-order valence-corrected chi connectivity index (χ3v) is 3.73. The molecule has 3 N–H and O–H groups in total. The van der Waals surface area contributed by atoms with Crippen LogP contribution in [0, 0.1) is 0 Å². The number of rotatable bonds is 3.